The SMILES string of the molecule is Cc1ccc(C(CN)N(CCO)C2CC2)o1. The molecule has 1 heterocycles. The van der Waals surface area contributed by atoms with Crippen molar-refractivity contribution in [2.75, 3.05) is 19.7 Å². The average Bonchev–Trinajstić information content (AvgIpc) is 3.02. The van der Waals surface area contributed by atoms with Crippen molar-refractivity contribution in [3.8, 4) is 0 Å². The summed E-state index contributed by atoms with van der Waals surface area (Å²) in [4.78, 5) is 2.26. The van der Waals surface area contributed by atoms with Gasteiger partial charge in [-0.1, -0.05) is 0 Å². The lowest BCUT2D eigenvalue weighted by Crippen LogP contribution is -2.37. The second-order valence-corrected chi connectivity index (χ2v) is 4.39. The van der Waals surface area contributed by atoms with Crippen molar-refractivity contribution in [2.24, 2.45) is 5.73 Å². The number of nitrogens with two attached hydrogens (primary N) is 1. The van der Waals surface area contributed by atoms with Gasteiger partial charge in [-0.25, -0.2) is 0 Å². The molecule has 4 heteroatoms. The van der Waals surface area contributed by atoms with Crippen LogP contribution in [0.3, 0.4) is 0 Å². The molecule has 1 aromatic rings. The van der Waals surface area contributed by atoms with Crippen LogP contribution in [-0.2, 0) is 0 Å². The summed E-state index contributed by atoms with van der Waals surface area (Å²) in [6, 6.07) is 4.63. The van der Waals surface area contributed by atoms with Gasteiger partial charge in [0.1, 0.15) is 11.5 Å². The number of furan rings is 1. The maximum Gasteiger partial charge on any atom is 0.122 e. The summed E-state index contributed by atoms with van der Waals surface area (Å²) < 4.78 is 5.64. The highest BCUT2D eigenvalue weighted by molar-refractivity contribution is 5.11. The predicted octanol–water partition coefficient (Wildman–Crippen LogP) is 1.04. The number of aliphatic hydroxyl groups is 1. The van der Waals surface area contributed by atoms with Crippen molar-refractivity contribution in [1.82, 2.24) is 4.90 Å². The first-order valence-corrected chi connectivity index (χ1v) is 5.89. The van der Waals surface area contributed by atoms with Crippen LogP contribution in [0.1, 0.15) is 30.4 Å². The molecule has 90 valence electrons. The van der Waals surface area contributed by atoms with Crippen LogP contribution in [-0.4, -0.2) is 35.7 Å². The molecule has 1 atom stereocenters. The molecule has 1 unspecified atom stereocenters. The molecule has 3 N–H and O–H groups in total. The fourth-order valence-electron chi connectivity index (χ4n) is 2.16. The quantitative estimate of drug-likeness (QED) is 0.758. The Morgan fingerprint density at radius 1 is 1.56 bits per heavy atom. The third kappa shape index (κ3) is 2.45. The summed E-state index contributed by atoms with van der Waals surface area (Å²) in [5, 5.41) is 9.10. The predicted molar refractivity (Wildman–Crippen MR) is 62.1 cm³/mol. The molecule has 0 bridgehead atoms. The molecular weight excluding hydrogens is 204 g/mol. The highest BCUT2D eigenvalue weighted by atomic mass is 16.3. The summed E-state index contributed by atoms with van der Waals surface area (Å²) in [5.41, 5.74) is 5.83. The molecule has 0 radical (unpaired) electrons. The second-order valence-electron chi connectivity index (χ2n) is 4.39. The summed E-state index contributed by atoms with van der Waals surface area (Å²) in [7, 11) is 0. The molecule has 1 fully saturated rings. The minimum absolute atomic E-state index is 0.105. The molecule has 1 aromatic heterocycles. The van der Waals surface area contributed by atoms with Crippen LogP contribution in [0.2, 0.25) is 0 Å². The zero-order valence-corrected chi connectivity index (χ0v) is 9.72. The van der Waals surface area contributed by atoms with Gasteiger partial charge in [0.05, 0.1) is 12.6 Å². The van der Waals surface area contributed by atoms with Crippen LogP contribution in [0.4, 0.5) is 0 Å². The van der Waals surface area contributed by atoms with E-state index >= 15 is 0 Å². The van der Waals surface area contributed by atoms with Gasteiger partial charge in [-0.3, -0.25) is 4.90 Å². The van der Waals surface area contributed by atoms with E-state index < -0.39 is 0 Å². The van der Waals surface area contributed by atoms with E-state index in [1.807, 2.05) is 19.1 Å². The van der Waals surface area contributed by atoms with Crippen molar-refractivity contribution in [2.45, 2.75) is 31.8 Å². The standard InChI is InChI=1S/C12H20N2O2/c1-9-2-5-12(16-9)11(8-13)14(6-7-15)10-3-4-10/h2,5,10-11,15H,3-4,6-8,13H2,1H3. The maximum absolute atomic E-state index is 9.10. The third-order valence-electron chi connectivity index (χ3n) is 3.09. The molecule has 0 aromatic carbocycles. The summed E-state index contributed by atoms with van der Waals surface area (Å²) in [6.45, 7) is 3.31. The normalized spacial score (nSPS) is 18.0. The number of aryl methyl sites for hydroxylation is 1. The van der Waals surface area contributed by atoms with E-state index in [0.29, 0.717) is 19.1 Å². The Labute approximate surface area is 96.0 Å². The zero-order chi connectivity index (χ0) is 11.5. The Morgan fingerprint density at radius 2 is 2.31 bits per heavy atom. The number of hydrogen-bond donors (Lipinski definition) is 2. The van der Waals surface area contributed by atoms with Crippen molar-refractivity contribution in [1.29, 1.82) is 0 Å². The summed E-state index contributed by atoms with van der Waals surface area (Å²) >= 11 is 0. The largest absolute Gasteiger partial charge is 0.465 e. The summed E-state index contributed by atoms with van der Waals surface area (Å²) in [5.74, 6) is 1.83. The van der Waals surface area contributed by atoms with Gasteiger partial charge in [0.2, 0.25) is 0 Å². The lowest BCUT2D eigenvalue weighted by molar-refractivity contribution is 0.131. The van der Waals surface area contributed by atoms with E-state index in [1.54, 1.807) is 0 Å². The Bertz CT molecular complexity index is 334. The molecule has 4 nitrogen and oxygen atoms in total. The molecule has 2 rings (SSSR count). The first kappa shape index (κ1) is 11.6. The van der Waals surface area contributed by atoms with Crippen LogP contribution >= 0.6 is 0 Å². The lowest BCUT2D eigenvalue weighted by atomic mass is 10.2. The molecule has 0 saturated heterocycles. The van der Waals surface area contributed by atoms with Gasteiger partial charge in [-0.15, -0.1) is 0 Å². The fraction of sp³-hybridized carbons (Fsp3) is 0.667. The minimum atomic E-state index is 0.105. The molecule has 1 aliphatic rings. The number of aliphatic hydroxyl groups excluding tert-OH is 1. The van der Waals surface area contributed by atoms with E-state index in [1.165, 1.54) is 12.8 Å². The Hall–Kier alpha value is -0.840. The topological polar surface area (TPSA) is 62.6 Å². The minimum Gasteiger partial charge on any atom is -0.465 e. The molecule has 1 saturated carbocycles. The molecule has 16 heavy (non-hydrogen) atoms. The monoisotopic (exact) mass is 224 g/mol. The van der Waals surface area contributed by atoms with E-state index in [9.17, 15) is 0 Å². The van der Waals surface area contributed by atoms with Gasteiger partial charge < -0.3 is 15.3 Å². The van der Waals surface area contributed by atoms with E-state index in [0.717, 1.165) is 11.5 Å². The lowest BCUT2D eigenvalue weighted by Gasteiger charge is -2.28. The first-order valence-electron chi connectivity index (χ1n) is 5.89. The van der Waals surface area contributed by atoms with E-state index in [-0.39, 0.29) is 12.6 Å². The van der Waals surface area contributed by atoms with Gasteiger partial charge in [0, 0.05) is 19.1 Å². The van der Waals surface area contributed by atoms with Gasteiger partial charge in [0.15, 0.2) is 0 Å². The van der Waals surface area contributed by atoms with E-state index in [4.69, 9.17) is 15.3 Å². The smallest absolute Gasteiger partial charge is 0.122 e. The Kier molecular flexibility index (Phi) is 3.63. The highest BCUT2D eigenvalue weighted by Crippen LogP contribution is 2.34. The number of hydrogen-bond acceptors (Lipinski definition) is 4. The Morgan fingerprint density at radius 3 is 2.75 bits per heavy atom. The fourth-order valence-corrected chi connectivity index (χ4v) is 2.16. The van der Waals surface area contributed by atoms with Gasteiger partial charge in [-0.05, 0) is 31.9 Å². The van der Waals surface area contributed by atoms with Crippen LogP contribution in [0.25, 0.3) is 0 Å². The van der Waals surface area contributed by atoms with E-state index in [2.05, 4.69) is 4.90 Å². The van der Waals surface area contributed by atoms with Gasteiger partial charge in [0.25, 0.3) is 0 Å². The summed E-state index contributed by atoms with van der Waals surface area (Å²) in [6.07, 6.45) is 2.41. The van der Waals surface area contributed by atoms with Crippen LogP contribution in [0.5, 0.6) is 0 Å². The highest BCUT2D eigenvalue weighted by Gasteiger charge is 2.34. The maximum atomic E-state index is 9.10. The van der Waals surface area contributed by atoms with Crippen molar-refractivity contribution >= 4 is 0 Å². The number of nitrogens with zero attached hydrogens (tertiary/aromatic N) is 1. The average molecular weight is 224 g/mol. The Balaban J connectivity index is 2.12. The zero-order valence-electron chi connectivity index (χ0n) is 9.72. The van der Waals surface area contributed by atoms with Gasteiger partial charge >= 0.3 is 0 Å². The second kappa shape index (κ2) is 4.99. The van der Waals surface area contributed by atoms with Crippen molar-refractivity contribution < 1.29 is 9.52 Å². The third-order valence-corrected chi connectivity index (χ3v) is 3.09. The molecule has 0 spiro atoms. The van der Waals surface area contributed by atoms with Crippen LogP contribution < -0.4 is 5.73 Å². The van der Waals surface area contributed by atoms with Crippen LogP contribution in [0, 0.1) is 6.92 Å². The molecular formula is C12H20N2O2. The number of rotatable bonds is 6. The van der Waals surface area contributed by atoms with Gasteiger partial charge in [-0.2, -0.15) is 0 Å². The van der Waals surface area contributed by atoms with Crippen molar-refractivity contribution in [3.63, 3.8) is 0 Å². The molecule has 0 amide bonds. The first-order chi connectivity index (χ1) is 7.76. The van der Waals surface area contributed by atoms with Crippen molar-refractivity contribution in [3.05, 3.63) is 23.7 Å². The molecule has 1 aliphatic carbocycles. The molecule has 0 aliphatic heterocycles. The van der Waals surface area contributed by atoms with Crippen LogP contribution in [0.15, 0.2) is 16.5 Å².